The lowest BCUT2D eigenvalue weighted by Crippen LogP contribution is -2.63. The van der Waals surface area contributed by atoms with Crippen molar-refractivity contribution < 1.29 is 9.59 Å². The molecule has 0 aromatic heterocycles. The van der Waals surface area contributed by atoms with Gasteiger partial charge in [-0.2, -0.15) is 0 Å². The lowest BCUT2D eigenvalue weighted by atomic mass is 10.0. The number of unbranched alkanes of at least 4 members (excludes halogenated alkanes) is 1. The van der Waals surface area contributed by atoms with E-state index < -0.39 is 5.54 Å². The zero-order chi connectivity index (χ0) is 14.6. The van der Waals surface area contributed by atoms with E-state index in [1.54, 1.807) is 18.7 Å². The van der Waals surface area contributed by atoms with Crippen LogP contribution in [0.1, 0.15) is 40.5 Å². The fraction of sp³-hybridized carbons (Fsp3) is 0.857. The number of nitrogens with one attached hydrogen (secondary N) is 1. The van der Waals surface area contributed by atoms with Crippen LogP contribution in [0.2, 0.25) is 0 Å². The summed E-state index contributed by atoms with van der Waals surface area (Å²) in [4.78, 5) is 27.6. The van der Waals surface area contributed by atoms with Gasteiger partial charge in [-0.15, -0.1) is 0 Å². The molecule has 110 valence electrons. The maximum atomic E-state index is 12.1. The van der Waals surface area contributed by atoms with Gasteiger partial charge in [-0.1, -0.05) is 0 Å². The second-order valence-electron chi connectivity index (χ2n) is 6.18. The van der Waals surface area contributed by atoms with Crippen LogP contribution < -0.4 is 5.32 Å². The monoisotopic (exact) mass is 269 g/mol. The number of carbonyl (C=O) groups excluding carboxylic acids is 2. The number of nitrogens with zero attached hydrogens (tertiary/aromatic N) is 2. The molecule has 1 rings (SSSR count). The van der Waals surface area contributed by atoms with E-state index in [0.29, 0.717) is 12.6 Å². The second kappa shape index (κ2) is 6.37. The molecule has 0 saturated carbocycles. The maximum absolute atomic E-state index is 12.1. The van der Waals surface area contributed by atoms with Crippen LogP contribution >= 0.6 is 0 Å². The van der Waals surface area contributed by atoms with E-state index in [2.05, 4.69) is 31.1 Å². The van der Waals surface area contributed by atoms with Crippen molar-refractivity contribution >= 4 is 11.8 Å². The molecule has 0 aromatic carbocycles. The van der Waals surface area contributed by atoms with E-state index in [0.717, 1.165) is 19.4 Å². The third-order valence-electron chi connectivity index (χ3n) is 3.68. The van der Waals surface area contributed by atoms with Gasteiger partial charge in [-0.25, -0.2) is 0 Å². The van der Waals surface area contributed by atoms with E-state index in [9.17, 15) is 9.59 Å². The molecule has 0 atom stereocenters. The minimum absolute atomic E-state index is 0.0179. The summed E-state index contributed by atoms with van der Waals surface area (Å²) in [5.74, 6) is -0.0480. The first-order chi connectivity index (χ1) is 8.74. The molecule has 1 aliphatic heterocycles. The summed E-state index contributed by atoms with van der Waals surface area (Å²) in [5, 5.41) is 2.72. The average Bonchev–Trinajstić information content (AvgIpc) is 2.29. The van der Waals surface area contributed by atoms with E-state index >= 15 is 0 Å². The molecule has 5 nitrogen and oxygen atoms in total. The van der Waals surface area contributed by atoms with Crippen molar-refractivity contribution in [2.45, 2.75) is 52.1 Å². The van der Waals surface area contributed by atoms with Gasteiger partial charge < -0.3 is 15.1 Å². The zero-order valence-corrected chi connectivity index (χ0v) is 12.8. The van der Waals surface area contributed by atoms with E-state index in [-0.39, 0.29) is 18.4 Å². The summed E-state index contributed by atoms with van der Waals surface area (Å²) in [7, 11) is 2.10. The maximum Gasteiger partial charge on any atom is 0.248 e. The third-order valence-corrected chi connectivity index (χ3v) is 3.68. The molecule has 0 bridgehead atoms. The third kappa shape index (κ3) is 4.49. The fourth-order valence-corrected chi connectivity index (χ4v) is 2.18. The molecule has 1 saturated heterocycles. The van der Waals surface area contributed by atoms with Crippen molar-refractivity contribution in [1.29, 1.82) is 0 Å². The molecule has 1 aliphatic rings. The van der Waals surface area contributed by atoms with Gasteiger partial charge in [-0.05, 0) is 54.1 Å². The number of hydrogen-bond acceptors (Lipinski definition) is 3. The standard InChI is InChI=1S/C14H27N3O2/c1-11(2)16(5)8-6-7-9-17-10-12(18)15-14(3,4)13(17)19/h11H,6-10H2,1-5H3,(H,15,18). The smallest absolute Gasteiger partial charge is 0.248 e. The lowest BCUT2D eigenvalue weighted by Gasteiger charge is -2.37. The Morgan fingerprint density at radius 1 is 1.32 bits per heavy atom. The second-order valence-corrected chi connectivity index (χ2v) is 6.18. The summed E-state index contributed by atoms with van der Waals surface area (Å²) in [6.07, 6.45) is 1.98. The lowest BCUT2D eigenvalue weighted by molar-refractivity contribution is -0.148. The molecular weight excluding hydrogens is 242 g/mol. The van der Waals surface area contributed by atoms with Crippen molar-refractivity contribution in [3.8, 4) is 0 Å². The predicted octanol–water partition coefficient (Wildman–Crippen LogP) is 0.844. The van der Waals surface area contributed by atoms with Crippen molar-refractivity contribution in [2.75, 3.05) is 26.7 Å². The number of piperazine rings is 1. The van der Waals surface area contributed by atoms with Gasteiger partial charge in [0.25, 0.3) is 0 Å². The topological polar surface area (TPSA) is 52.6 Å². The molecular formula is C14H27N3O2. The first-order valence-corrected chi connectivity index (χ1v) is 7.04. The minimum Gasteiger partial charge on any atom is -0.341 e. The number of hydrogen-bond donors (Lipinski definition) is 1. The molecule has 0 aliphatic carbocycles. The van der Waals surface area contributed by atoms with E-state index in [4.69, 9.17) is 0 Å². The highest BCUT2D eigenvalue weighted by molar-refractivity contribution is 5.97. The van der Waals surface area contributed by atoms with Crippen LogP contribution in [0.3, 0.4) is 0 Å². The largest absolute Gasteiger partial charge is 0.341 e. The van der Waals surface area contributed by atoms with Crippen molar-refractivity contribution in [3.63, 3.8) is 0 Å². The molecule has 1 N–H and O–H groups in total. The van der Waals surface area contributed by atoms with Crippen LogP contribution in [0.25, 0.3) is 0 Å². The van der Waals surface area contributed by atoms with Crippen molar-refractivity contribution in [2.24, 2.45) is 0 Å². The highest BCUT2D eigenvalue weighted by atomic mass is 16.2. The Kier molecular flexibility index (Phi) is 5.35. The van der Waals surface area contributed by atoms with Crippen LogP contribution in [0.5, 0.6) is 0 Å². The van der Waals surface area contributed by atoms with Crippen molar-refractivity contribution in [3.05, 3.63) is 0 Å². The minimum atomic E-state index is -0.760. The molecule has 1 heterocycles. The molecule has 0 unspecified atom stereocenters. The predicted molar refractivity (Wildman–Crippen MR) is 75.8 cm³/mol. The number of carbonyl (C=O) groups is 2. The van der Waals surface area contributed by atoms with E-state index in [1.165, 1.54) is 0 Å². The number of amides is 2. The Bertz CT molecular complexity index is 340. The van der Waals surface area contributed by atoms with Gasteiger partial charge in [0.05, 0.1) is 6.54 Å². The molecule has 19 heavy (non-hydrogen) atoms. The number of rotatable bonds is 6. The molecule has 0 aromatic rings. The van der Waals surface area contributed by atoms with Crippen molar-refractivity contribution in [1.82, 2.24) is 15.1 Å². The van der Waals surface area contributed by atoms with Gasteiger partial charge in [0.15, 0.2) is 0 Å². The highest BCUT2D eigenvalue weighted by Crippen LogP contribution is 2.13. The summed E-state index contributed by atoms with van der Waals surface area (Å²) in [5.41, 5.74) is -0.760. The summed E-state index contributed by atoms with van der Waals surface area (Å²) in [6, 6.07) is 0.543. The molecule has 5 heteroatoms. The van der Waals surface area contributed by atoms with Crippen LogP contribution in [-0.2, 0) is 9.59 Å². The summed E-state index contributed by atoms with van der Waals surface area (Å²) < 4.78 is 0. The van der Waals surface area contributed by atoms with Gasteiger partial charge in [0.1, 0.15) is 5.54 Å². The zero-order valence-electron chi connectivity index (χ0n) is 12.8. The molecule has 0 radical (unpaired) electrons. The Hall–Kier alpha value is -1.10. The Labute approximate surface area is 116 Å². The van der Waals surface area contributed by atoms with Crippen LogP contribution in [0, 0.1) is 0 Å². The summed E-state index contributed by atoms with van der Waals surface area (Å²) >= 11 is 0. The van der Waals surface area contributed by atoms with Crippen LogP contribution in [-0.4, -0.2) is 59.9 Å². The first kappa shape index (κ1) is 16.0. The molecule has 1 fully saturated rings. The normalized spacial score (nSPS) is 19.2. The summed E-state index contributed by atoms with van der Waals surface area (Å²) in [6.45, 7) is 9.74. The molecule has 0 spiro atoms. The van der Waals surface area contributed by atoms with Gasteiger partial charge in [0, 0.05) is 12.6 Å². The highest BCUT2D eigenvalue weighted by Gasteiger charge is 2.38. The quantitative estimate of drug-likeness (QED) is 0.727. The van der Waals surface area contributed by atoms with E-state index in [1.807, 2.05) is 0 Å². The van der Waals surface area contributed by atoms with Gasteiger partial charge >= 0.3 is 0 Å². The Balaban J connectivity index is 2.36. The Morgan fingerprint density at radius 2 is 1.95 bits per heavy atom. The van der Waals surface area contributed by atoms with Gasteiger partial charge in [-0.3, -0.25) is 9.59 Å². The fourth-order valence-electron chi connectivity index (χ4n) is 2.18. The SMILES string of the molecule is CC(C)N(C)CCCCN1CC(=O)NC(C)(C)C1=O. The Morgan fingerprint density at radius 3 is 2.53 bits per heavy atom. The van der Waals surface area contributed by atoms with Crippen LogP contribution in [0.15, 0.2) is 0 Å². The van der Waals surface area contributed by atoms with Gasteiger partial charge in [0.2, 0.25) is 11.8 Å². The average molecular weight is 269 g/mol. The first-order valence-electron chi connectivity index (χ1n) is 7.04. The van der Waals surface area contributed by atoms with Crippen LogP contribution in [0.4, 0.5) is 0 Å². The molecule has 2 amide bonds.